The summed E-state index contributed by atoms with van der Waals surface area (Å²) in [6.07, 6.45) is 0.343. The van der Waals surface area contributed by atoms with Crippen molar-refractivity contribution in [2.24, 2.45) is 0 Å². The molecule has 0 N–H and O–H groups in total. The first-order valence-electron chi connectivity index (χ1n) is 7.79. The van der Waals surface area contributed by atoms with E-state index in [4.69, 9.17) is 5.26 Å². The monoisotopic (exact) mass is 319 g/mol. The fourth-order valence-electron chi connectivity index (χ4n) is 2.82. The molecule has 0 fully saturated rings. The molecule has 0 atom stereocenters. The van der Waals surface area contributed by atoms with Crippen molar-refractivity contribution in [2.75, 3.05) is 13.2 Å². The summed E-state index contributed by atoms with van der Waals surface area (Å²) in [6, 6.07) is 18.8. The highest BCUT2D eigenvalue weighted by Crippen LogP contribution is 2.23. The molecule has 1 aliphatic rings. The second-order valence-corrected chi connectivity index (χ2v) is 5.67. The minimum Gasteiger partial charge on any atom is -0.280 e. The van der Waals surface area contributed by atoms with Crippen LogP contribution in [0, 0.1) is 11.3 Å². The molecule has 5 nitrogen and oxygen atoms in total. The number of imide groups is 1. The van der Waals surface area contributed by atoms with Gasteiger partial charge in [-0.2, -0.15) is 5.26 Å². The first kappa shape index (κ1) is 15.9. The van der Waals surface area contributed by atoms with Gasteiger partial charge in [-0.25, -0.2) is 0 Å². The molecule has 3 rings (SSSR count). The van der Waals surface area contributed by atoms with Crippen molar-refractivity contribution in [1.82, 2.24) is 9.80 Å². The Kier molecular flexibility index (Phi) is 4.69. The molecular weight excluding hydrogens is 302 g/mol. The molecule has 0 spiro atoms. The summed E-state index contributed by atoms with van der Waals surface area (Å²) in [7, 11) is 0. The van der Waals surface area contributed by atoms with Crippen LogP contribution in [-0.2, 0) is 6.54 Å². The standard InChI is InChI=1S/C19H17N3O2/c20-11-6-12-21(13-15-7-2-1-3-8-15)14-22-18(23)16-9-4-5-10-17(16)19(22)24/h1-5,7-10H,6,12-14H2. The van der Waals surface area contributed by atoms with Crippen LogP contribution in [0.2, 0.25) is 0 Å². The third-order valence-corrected chi connectivity index (χ3v) is 4.01. The molecule has 0 saturated heterocycles. The number of hydrogen-bond donors (Lipinski definition) is 0. The molecule has 0 saturated carbocycles. The van der Waals surface area contributed by atoms with Gasteiger partial charge in [0.05, 0.1) is 23.9 Å². The van der Waals surface area contributed by atoms with Gasteiger partial charge in [0.15, 0.2) is 0 Å². The largest absolute Gasteiger partial charge is 0.280 e. The number of fused-ring (bicyclic) bond motifs is 1. The minimum atomic E-state index is -0.273. The summed E-state index contributed by atoms with van der Waals surface area (Å²) in [5.41, 5.74) is 1.97. The van der Waals surface area contributed by atoms with Gasteiger partial charge in [-0.1, -0.05) is 42.5 Å². The highest BCUT2D eigenvalue weighted by molar-refractivity contribution is 6.21. The lowest BCUT2D eigenvalue weighted by Gasteiger charge is -2.26. The molecule has 0 aromatic heterocycles. The fraction of sp³-hybridized carbons (Fsp3) is 0.211. The fourth-order valence-corrected chi connectivity index (χ4v) is 2.82. The molecule has 2 aromatic rings. The molecule has 5 heteroatoms. The summed E-state index contributed by atoms with van der Waals surface area (Å²) < 4.78 is 0. The highest BCUT2D eigenvalue weighted by atomic mass is 16.2. The van der Waals surface area contributed by atoms with E-state index in [1.807, 2.05) is 35.2 Å². The zero-order chi connectivity index (χ0) is 16.9. The number of rotatable bonds is 6. The maximum absolute atomic E-state index is 12.5. The van der Waals surface area contributed by atoms with Crippen molar-refractivity contribution in [3.05, 3.63) is 71.3 Å². The molecule has 120 valence electrons. The van der Waals surface area contributed by atoms with E-state index in [0.29, 0.717) is 30.6 Å². The molecule has 0 unspecified atom stereocenters. The van der Waals surface area contributed by atoms with Gasteiger partial charge in [0.2, 0.25) is 0 Å². The van der Waals surface area contributed by atoms with Crippen LogP contribution in [0.15, 0.2) is 54.6 Å². The smallest absolute Gasteiger partial charge is 0.262 e. The summed E-state index contributed by atoms with van der Waals surface area (Å²) in [5, 5.41) is 8.86. The molecular formula is C19H17N3O2. The van der Waals surface area contributed by atoms with E-state index in [1.54, 1.807) is 24.3 Å². The second kappa shape index (κ2) is 7.07. The maximum atomic E-state index is 12.5. The molecule has 2 amide bonds. The highest BCUT2D eigenvalue weighted by Gasteiger charge is 2.35. The van der Waals surface area contributed by atoms with Crippen LogP contribution < -0.4 is 0 Å². The lowest BCUT2D eigenvalue weighted by Crippen LogP contribution is -2.41. The number of nitrogens with zero attached hydrogens (tertiary/aromatic N) is 3. The van der Waals surface area contributed by atoms with Gasteiger partial charge >= 0.3 is 0 Å². The normalized spacial score (nSPS) is 13.2. The quantitative estimate of drug-likeness (QED) is 0.768. The zero-order valence-corrected chi connectivity index (χ0v) is 13.2. The van der Waals surface area contributed by atoms with Crippen molar-refractivity contribution in [3.8, 4) is 6.07 Å². The van der Waals surface area contributed by atoms with Gasteiger partial charge in [0, 0.05) is 19.5 Å². The van der Waals surface area contributed by atoms with Crippen LogP contribution in [0.5, 0.6) is 0 Å². The summed E-state index contributed by atoms with van der Waals surface area (Å²) >= 11 is 0. The van der Waals surface area contributed by atoms with Crippen molar-refractivity contribution < 1.29 is 9.59 Å². The van der Waals surface area contributed by atoms with Gasteiger partial charge < -0.3 is 0 Å². The van der Waals surface area contributed by atoms with Gasteiger partial charge in [-0.15, -0.1) is 0 Å². The summed E-state index contributed by atoms with van der Waals surface area (Å²) in [5.74, 6) is -0.545. The Balaban J connectivity index is 1.77. The van der Waals surface area contributed by atoms with E-state index < -0.39 is 0 Å². The predicted molar refractivity (Wildman–Crippen MR) is 88.9 cm³/mol. The lowest BCUT2D eigenvalue weighted by molar-refractivity contribution is 0.0534. The first-order valence-corrected chi connectivity index (χ1v) is 7.79. The molecule has 0 radical (unpaired) electrons. The van der Waals surface area contributed by atoms with Crippen molar-refractivity contribution >= 4 is 11.8 Å². The molecule has 1 aliphatic heterocycles. The van der Waals surface area contributed by atoms with Crippen LogP contribution in [-0.4, -0.2) is 34.8 Å². The Morgan fingerprint density at radius 2 is 1.50 bits per heavy atom. The van der Waals surface area contributed by atoms with Crippen molar-refractivity contribution in [2.45, 2.75) is 13.0 Å². The van der Waals surface area contributed by atoms with Crippen LogP contribution >= 0.6 is 0 Å². The summed E-state index contributed by atoms with van der Waals surface area (Å²) in [4.78, 5) is 28.2. The van der Waals surface area contributed by atoms with E-state index in [9.17, 15) is 9.59 Å². The molecule has 0 bridgehead atoms. The number of benzene rings is 2. The van der Waals surface area contributed by atoms with Crippen LogP contribution in [0.3, 0.4) is 0 Å². The SMILES string of the molecule is N#CCCN(Cc1ccccc1)CN1C(=O)c2ccccc2C1=O. The Labute approximate surface area is 140 Å². The van der Waals surface area contributed by atoms with Crippen LogP contribution in [0.4, 0.5) is 0 Å². The number of amides is 2. The Bertz CT molecular complexity index is 761. The van der Waals surface area contributed by atoms with Crippen LogP contribution in [0.1, 0.15) is 32.7 Å². The average molecular weight is 319 g/mol. The van der Waals surface area contributed by atoms with E-state index in [0.717, 1.165) is 5.56 Å². The Morgan fingerprint density at radius 3 is 2.08 bits per heavy atom. The van der Waals surface area contributed by atoms with Gasteiger partial charge in [0.25, 0.3) is 11.8 Å². The average Bonchev–Trinajstić information content (AvgIpc) is 2.86. The summed E-state index contributed by atoms with van der Waals surface area (Å²) in [6.45, 7) is 1.26. The van der Waals surface area contributed by atoms with Gasteiger partial charge in [0.1, 0.15) is 0 Å². The Hall–Kier alpha value is -2.97. The third-order valence-electron chi connectivity index (χ3n) is 4.01. The topological polar surface area (TPSA) is 64.4 Å². The number of carbonyl (C=O) groups is 2. The van der Waals surface area contributed by atoms with Crippen molar-refractivity contribution in [1.29, 1.82) is 5.26 Å². The zero-order valence-electron chi connectivity index (χ0n) is 13.2. The van der Waals surface area contributed by atoms with E-state index in [1.165, 1.54) is 4.90 Å². The first-order chi connectivity index (χ1) is 11.7. The van der Waals surface area contributed by atoms with Gasteiger partial charge in [-0.3, -0.25) is 19.4 Å². The molecule has 0 aliphatic carbocycles. The Morgan fingerprint density at radius 1 is 0.917 bits per heavy atom. The number of hydrogen-bond acceptors (Lipinski definition) is 4. The van der Waals surface area contributed by atoms with E-state index in [2.05, 4.69) is 6.07 Å². The molecule has 2 aromatic carbocycles. The minimum absolute atomic E-state index is 0.183. The number of carbonyl (C=O) groups excluding carboxylic acids is 2. The maximum Gasteiger partial charge on any atom is 0.262 e. The molecule has 1 heterocycles. The molecule has 24 heavy (non-hydrogen) atoms. The van der Waals surface area contributed by atoms with E-state index in [-0.39, 0.29) is 18.5 Å². The van der Waals surface area contributed by atoms with Gasteiger partial charge in [-0.05, 0) is 17.7 Å². The van der Waals surface area contributed by atoms with Crippen LogP contribution in [0.25, 0.3) is 0 Å². The lowest BCUT2D eigenvalue weighted by atomic mass is 10.1. The second-order valence-electron chi connectivity index (χ2n) is 5.67. The van der Waals surface area contributed by atoms with E-state index >= 15 is 0 Å². The van der Waals surface area contributed by atoms with Crippen molar-refractivity contribution in [3.63, 3.8) is 0 Å². The predicted octanol–water partition coefficient (Wildman–Crippen LogP) is 2.66. The number of nitriles is 1. The third kappa shape index (κ3) is 3.19.